The van der Waals surface area contributed by atoms with E-state index in [1.807, 2.05) is 0 Å². The molecule has 64 valence electrons. The summed E-state index contributed by atoms with van der Waals surface area (Å²) >= 11 is 0. The van der Waals surface area contributed by atoms with Crippen molar-refractivity contribution >= 4 is 0 Å². The van der Waals surface area contributed by atoms with Gasteiger partial charge in [-0.1, -0.05) is 13.3 Å². The maximum Gasteiger partial charge on any atom is 0.00442 e. The molecule has 1 heteroatoms. The summed E-state index contributed by atoms with van der Waals surface area (Å²) in [6.07, 6.45) is 6.99. The standard InChI is InChI=1S/C10H19N/c1-7-4-8-2-3-9(7)6-10(11)5-8/h7-10H,2-6,11H2,1H3/t7?,8-,9-,10-/m0/s1. The quantitative estimate of drug-likeness (QED) is 0.567. The van der Waals surface area contributed by atoms with Crippen LogP contribution in [0.4, 0.5) is 0 Å². The third kappa shape index (κ3) is 1.44. The van der Waals surface area contributed by atoms with Crippen molar-refractivity contribution in [2.24, 2.45) is 23.5 Å². The smallest absolute Gasteiger partial charge is 0.00442 e. The highest BCUT2D eigenvalue weighted by atomic mass is 14.6. The summed E-state index contributed by atoms with van der Waals surface area (Å²) < 4.78 is 0. The topological polar surface area (TPSA) is 26.0 Å². The molecule has 3 rings (SSSR count). The van der Waals surface area contributed by atoms with Crippen LogP contribution in [-0.4, -0.2) is 6.04 Å². The van der Waals surface area contributed by atoms with Crippen molar-refractivity contribution in [1.29, 1.82) is 0 Å². The molecular formula is C10H19N. The minimum Gasteiger partial charge on any atom is -0.328 e. The Labute approximate surface area is 69.4 Å². The van der Waals surface area contributed by atoms with Crippen LogP contribution in [0.3, 0.4) is 0 Å². The monoisotopic (exact) mass is 153 g/mol. The van der Waals surface area contributed by atoms with E-state index >= 15 is 0 Å². The van der Waals surface area contributed by atoms with Crippen LogP contribution in [0.2, 0.25) is 0 Å². The van der Waals surface area contributed by atoms with Crippen LogP contribution in [-0.2, 0) is 0 Å². The molecule has 0 amide bonds. The predicted molar refractivity (Wildman–Crippen MR) is 47.2 cm³/mol. The van der Waals surface area contributed by atoms with Gasteiger partial charge in [-0.3, -0.25) is 0 Å². The number of hydrogen-bond acceptors (Lipinski definition) is 1. The normalized spacial score (nSPS) is 50.7. The third-order valence-corrected chi connectivity index (χ3v) is 3.70. The zero-order chi connectivity index (χ0) is 7.84. The van der Waals surface area contributed by atoms with E-state index in [-0.39, 0.29) is 0 Å². The van der Waals surface area contributed by atoms with Gasteiger partial charge in [0.1, 0.15) is 0 Å². The third-order valence-electron chi connectivity index (χ3n) is 3.70. The van der Waals surface area contributed by atoms with Crippen LogP contribution in [0.25, 0.3) is 0 Å². The summed E-state index contributed by atoms with van der Waals surface area (Å²) in [5.74, 6) is 2.89. The van der Waals surface area contributed by atoms with Crippen molar-refractivity contribution in [3.63, 3.8) is 0 Å². The number of rotatable bonds is 0. The molecule has 2 N–H and O–H groups in total. The fourth-order valence-corrected chi connectivity index (χ4v) is 3.05. The average Bonchev–Trinajstić information content (AvgIpc) is 2.16. The Morgan fingerprint density at radius 1 is 1.09 bits per heavy atom. The maximum atomic E-state index is 6.02. The number of fused-ring (bicyclic) bond motifs is 4. The van der Waals surface area contributed by atoms with Crippen molar-refractivity contribution < 1.29 is 0 Å². The Morgan fingerprint density at radius 3 is 2.64 bits per heavy atom. The first-order chi connectivity index (χ1) is 5.25. The first-order valence-corrected chi connectivity index (χ1v) is 5.01. The molecule has 3 fully saturated rings. The van der Waals surface area contributed by atoms with Crippen molar-refractivity contribution in [2.75, 3.05) is 0 Å². The van der Waals surface area contributed by atoms with Crippen LogP contribution in [0.1, 0.15) is 39.0 Å². The van der Waals surface area contributed by atoms with E-state index in [0.29, 0.717) is 6.04 Å². The second kappa shape index (κ2) is 2.78. The second-order valence-corrected chi connectivity index (χ2v) is 4.65. The highest BCUT2D eigenvalue weighted by molar-refractivity contribution is 4.86. The minimum absolute atomic E-state index is 0.525. The molecule has 3 aliphatic rings. The average molecular weight is 153 g/mol. The molecule has 0 aromatic heterocycles. The lowest BCUT2D eigenvalue weighted by Gasteiger charge is -2.29. The lowest BCUT2D eigenvalue weighted by atomic mass is 9.77. The van der Waals surface area contributed by atoms with Gasteiger partial charge in [-0.05, 0) is 43.4 Å². The van der Waals surface area contributed by atoms with E-state index in [2.05, 4.69) is 6.92 Å². The van der Waals surface area contributed by atoms with E-state index in [9.17, 15) is 0 Å². The van der Waals surface area contributed by atoms with Gasteiger partial charge in [-0.25, -0.2) is 0 Å². The fraction of sp³-hybridized carbons (Fsp3) is 1.00. The lowest BCUT2D eigenvalue weighted by Crippen LogP contribution is -2.22. The van der Waals surface area contributed by atoms with Gasteiger partial charge < -0.3 is 5.73 Å². The van der Waals surface area contributed by atoms with Crippen molar-refractivity contribution in [3.05, 3.63) is 0 Å². The Bertz CT molecular complexity index is 142. The fourth-order valence-electron chi connectivity index (χ4n) is 3.05. The second-order valence-electron chi connectivity index (χ2n) is 4.65. The SMILES string of the molecule is CC1C[C@@H]2CC[C@H]1C[C@@H](N)C2. The van der Waals surface area contributed by atoms with Gasteiger partial charge in [0.05, 0.1) is 0 Å². The highest BCUT2D eigenvalue weighted by Gasteiger charge is 2.33. The van der Waals surface area contributed by atoms with Gasteiger partial charge in [-0.2, -0.15) is 0 Å². The summed E-state index contributed by atoms with van der Waals surface area (Å²) in [7, 11) is 0. The first kappa shape index (κ1) is 7.60. The molecule has 11 heavy (non-hydrogen) atoms. The van der Waals surface area contributed by atoms with Crippen molar-refractivity contribution in [2.45, 2.75) is 45.1 Å². The van der Waals surface area contributed by atoms with Crippen LogP contribution in [0, 0.1) is 17.8 Å². The molecule has 3 saturated carbocycles. The molecule has 0 spiro atoms. The molecule has 2 bridgehead atoms. The summed E-state index contributed by atoms with van der Waals surface area (Å²) in [6.45, 7) is 2.41. The van der Waals surface area contributed by atoms with E-state index in [1.54, 1.807) is 0 Å². The Morgan fingerprint density at radius 2 is 1.91 bits per heavy atom. The Hall–Kier alpha value is -0.0400. The molecule has 1 nitrogen and oxygen atoms in total. The summed E-state index contributed by atoms with van der Waals surface area (Å²) in [4.78, 5) is 0. The zero-order valence-electron chi connectivity index (χ0n) is 7.42. The Balaban J connectivity index is 2.10. The molecule has 1 unspecified atom stereocenters. The summed E-state index contributed by atoms with van der Waals surface area (Å²) in [5.41, 5.74) is 6.02. The van der Waals surface area contributed by atoms with Gasteiger partial charge in [0, 0.05) is 6.04 Å². The van der Waals surface area contributed by atoms with Crippen LogP contribution in [0.15, 0.2) is 0 Å². The van der Waals surface area contributed by atoms with E-state index in [1.165, 1.54) is 32.1 Å². The van der Waals surface area contributed by atoms with Crippen LogP contribution in [0.5, 0.6) is 0 Å². The Kier molecular flexibility index (Phi) is 1.92. The number of nitrogens with two attached hydrogens (primary N) is 1. The maximum absolute atomic E-state index is 6.02. The molecule has 0 radical (unpaired) electrons. The molecule has 0 aromatic rings. The molecule has 0 saturated heterocycles. The van der Waals surface area contributed by atoms with Gasteiger partial charge in [0.15, 0.2) is 0 Å². The molecule has 0 aromatic carbocycles. The van der Waals surface area contributed by atoms with Crippen molar-refractivity contribution in [1.82, 2.24) is 0 Å². The summed E-state index contributed by atoms with van der Waals surface area (Å²) in [5, 5.41) is 0. The van der Waals surface area contributed by atoms with Crippen LogP contribution < -0.4 is 5.73 Å². The molecule has 0 aliphatic heterocycles. The van der Waals surface area contributed by atoms with Crippen molar-refractivity contribution in [3.8, 4) is 0 Å². The van der Waals surface area contributed by atoms with E-state index < -0.39 is 0 Å². The molecule has 0 heterocycles. The van der Waals surface area contributed by atoms with Crippen LogP contribution >= 0.6 is 0 Å². The number of hydrogen-bond donors (Lipinski definition) is 1. The van der Waals surface area contributed by atoms with E-state index in [4.69, 9.17) is 5.73 Å². The first-order valence-electron chi connectivity index (χ1n) is 5.01. The lowest BCUT2D eigenvalue weighted by molar-refractivity contribution is 0.219. The van der Waals surface area contributed by atoms with E-state index in [0.717, 1.165) is 17.8 Å². The zero-order valence-corrected chi connectivity index (χ0v) is 7.42. The van der Waals surface area contributed by atoms with Gasteiger partial charge >= 0.3 is 0 Å². The predicted octanol–water partition coefficient (Wildman–Crippen LogP) is 2.16. The molecular weight excluding hydrogens is 134 g/mol. The largest absolute Gasteiger partial charge is 0.328 e. The van der Waals surface area contributed by atoms with Gasteiger partial charge in [0.2, 0.25) is 0 Å². The molecule has 3 aliphatic carbocycles. The highest BCUT2D eigenvalue weighted by Crippen LogP contribution is 2.41. The van der Waals surface area contributed by atoms with Gasteiger partial charge in [-0.15, -0.1) is 0 Å². The minimum atomic E-state index is 0.525. The molecule has 4 atom stereocenters. The summed E-state index contributed by atoms with van der Waals surface area (Å²) in [6, 6.07) is 0.525. The van der Waals surface area contributed by atoms with Gasteiger partial charge in [0.25, 0.3) is 0 Å².